The van der Waals surface area contributed by atoms with Crippen LogP contribution in [0.1, 0.15) is 30.7 Å². The van der Waals surface area contributed by atoms with Gasteiger partial charge in [-0.1, -0.05) is 0 Å². The topological polar surface area (TPSA) is 68.1 Å². The van der Waals surface area contributed by atoms with E-state index < -0.39 is 0 Å². The maximum absolute atomic E-state index is 12.6. The van der Waals surface area contributed by atoms with E-state index in [9.17, 15) is 9.59 Å². The fourth-order valence-electron chi connectivity index (χ4n) is 3.98. The molecule has 4 heterocycles. The van der Waals surface area contributed by atoms with Crippen LogP contribution in [-0.2, 0) is 11.3 Å². The second-order valence-electron chi connectivity index (χ2n) is 6.89. The molecule has 124 valence electrons. The predicted octanol–water partition coefficient (Wildman–Crippen LogP) is 1.58. The Morgan fingerprint density at radius 2 is 2.00 bits per heavy atom. The Labute approximate surface area is 140 Å². The molecule has 2 aliphatic heterocycles. The molecule has 0 saturated carbocycles. The van der Waals surface area contributed by atoms with E-state index in [0.29, 0.717) is 19.0 Å². The lowest BCUT2D eigenvalue weighted by Crippen LogP contribution is -2.48. The SMILES string of the molecule is CC(=O)N1C[C@@H]2C[C@H](C1)c1cc(-c3cc(C)ncn3)cc(=O)n1C2. The number of nitrogens with zero attached hydrogens (tertiary/aromatic N) is 4. The van der Waals surface area contributed by atoms with Gasteiger partial charge in [0.2, 0.25) is 5.91 Å². The molecule has 24 heavy (non-hydrogen) atoms. The van der Waals surface area contributed by atoms with Crippen LogP contribution in [0.2, 0.25) is 0 Å². The van der Waals surface area contributed by atoms with Gasteiger partial charge in [-0.2, -0.15) is 0 Å². The van der Waals surface area contributed by atoms with Crippen LogP contribution < -0.4 is 5.56 Å². The van der Waals surface area contributed by atoms with Crippen LogP contribution >= 0.6 is 0 Å². The number of aromatic nitrogens is 3. The minimum atomic E-state index is 0.0183. The van der Waals surface area contributed by atoms with Gasteiger partial charge in [0.15, 0.2) is 0 Å². The fraction of sp³-hybridized carbons (Fsp3) is 0.444. The molecule has 2 atom stereocenters. The average molecular weight is 324 g/mol. The molecule has 0 N–H and O–H groups in total. The van der Waals surface area contributed by atoms with Gasteiger partial charge in [-0.15, -0.1) is 0 Å². The molecule has 0 aromatic carbocycles. The minimum Gasteiger partial charge on any atom is -0.342 e. The smallest absolute Gasteiger partial charge is 0.251 e. The van der Waals surface area contributed by atoms with Crippen molar-refractivity contribution >= 4 is 5.91 Å². The molecule has 0 aliphatic carbocycles. The Bertz CT molecular complexity index is 874. The molecule has 2 aliphatic rings. The minimum absolute atomic E-state index is 0.0183. The number of pyridine rings is 1. The summed E-state index contributed by atoms with van der Waals surface area (Å²) >= 11 is 0. The number of piperidine rings is 1. The standard InChI is InChI=1S/C18H20N4O2/c1-11-3-16(20-10-19-11)14-5-17-15-4-13(7-21(9-15)12(2)23)8-22(17)18(24)6-14/h3,5-6,10,13,15H,4,7-9H2,1-2H3/t13-,15+/m0/s1. The van der Waals surface area contributed by atoms with Gasteiger partial charge in [0.25, 0.3) is 5.56 Å². The molecule has 1 fully saturated rings. The van der Waals surface area contributed by atoms with Crippen molar-refractivity contribution in [1.29, 1.82) is 0 Å². The first-order valence-electron chi connectivity index (χ1n) is 8.30. The molecule has 2 aromatic heterocycles. The van der Waals surface area contributed by atoms with E-state index in [0.717, 1.165) is 35.6 Å². The molecule has 0 unspecified atom stereocenters. The zero-order chi connectivity index (χ0) is 16.8. The fourth-order valence-corrected chi connectivity index (χ4v) is 3.98. The average Bonchev–Trinajstić information content (AvgIpc) is 2.55. The lowest BCUT2D eigenvalue weighted by Gasteiger charge is -2.42. The summed E-state index contributed by atoms with van der Waals surface area (Å²) < 4.78 is 1.88. The molecule has 4 rings (SSSR count). The highest BCUT2D eigenvalue weighted by Gasteiger charge is 2.35. The highest BCUT2D eigenvalue weighted by molar-refractivity contribution is 5.73. The zero-order valence-electron chi connectivity index (χ0n) is 13.9. The van der Waals surface area contributed by atoms with Crippen LogP contribution in [0.3, 0.4) is 0 Å². The molecular weight excluding hydrogens is 304 g/mol. The molecule has 0 radical (unpaired) electrons. The Morgan fingerprint density at radius 3 is 2.75 bits per heavy atom. The maximum Gasteiger partial charge on any atom is 0.251 e. The monoisotopic (exact) mass is 324 g/mol. The predicted molar refractivity (Wildman–Crippen MR) is 89.6 cm³/mol. The lowest BCUT2D eigenvalue weighted by atomic mass is 9.82. The first-order chi connectivity index (χ1) is 11.5. The van der Waals surface area contributed by atoms with Crippen LogP contribution in [0.5, 0.6) is 0 Å². The zero-order valence-corrected chi connectivity index (χ0v) is 13.9. The van der Waals surface area contributed by atoms with Gasteiger partial charge < -0.3 is 9.47 Å². The summed E-state index contributed by atoms with van der Waals surface area (Å²) in [5.41, 5.74) is 3.51. The van der Waals surface area contributed by atoms with Gasteiger partial charge in [0.05, 0.1) is 5.69 Å². The van der Waals surface area contributed by atoms with Crippen LogP contribution in [-0.4, -0.2) is 38.4 Å². The molecular formula is C18H20N4O2. The quantitative estimate of drug-likeness (QED) is 0.799. The molecule has 1 amide bonds. The summed E-state index contributed by atoms with van der Waals surface area (Å²) in [5.74, 6) is 0.699. The van der Waals surface area contributed by atoms with Gasteiger partial charge >= 0.3 is 0 Å². The molecule has 2 bridgehead atoms. The summed E-state index contributed by atoms with van der Waals surface area (Å²) in [7, 11) is 0. The van der Waals surface area contributed by atoms with Crippen molar-refractivity contribution in [3.63, 3.8) is 0 Å². The van der Waals surface area contributed by atoms with E-state index in [1.54, 1.807) is 13.0 Å². The summed E-state index contributed by atoms with van der Waals surface area (Å²) in [6.07, 6.45) is 2.56. The van der Waals surface area contributed by atoms with E-state index in [1.165, 1.54) is 6.33 Å². The van der Waals surface area contributed by atoms with E-state index in [2.05, 4.69) is 16.0 Å². The Kier molecular flexibility index (Phi) is 3.48. The van der Waals surface area contributed by atoms with Crippen molar-refractivity contribution in [2.24, 2.45) is 5.92 Å². The van der Waals surface area contributed by atoms with Crippen LogP contribution in [0, 0.1) is 12.8 Å². The largest absolute Gasteiger partial charge is 0.342 e. The third-order valence-corrected chi connectivity index (χ3v) is 5.10. The van der Waals surface area contributed by atoms with Crippen molar-refractivity contribution in [2.75, 3.05) is 13.1 Å². The summed E-state index contributed by atoms with van der Waals surface area (Å²) in [6, 6.07) is 5.61. The van der Waals surface area contributed by atoms with Crippen molar-refractivity contribution < 1.29 is 4.79 Å². The summed E-state index contributed by atoms with van der Waals surface area (Å²) in [6.45, 7) is 5.67. The van der Waals surface area contributed by atoms with Crippen molar-refractivity contribution in [1.82, 2.24) is 19.4 Å². The van der Waals surface area contributed by atoms with Gasteiger partial charge in [-0.25, -0.2) is 9.97 Å². The van der Waals surface area contributed by atoms with Gasteiger partial charge in [-0.3, -0.25) is 9.59 Å². The number of carbonyl (C=O) groups is 1. The van der Waals surface area contributed by atoms with E-state index >= 15 is 0 Å². The first kappa shape index (κ1) is 15.1. The number of likely N-dealkylation sites (tertiary alicyclic amines) is 1. The van der Waals surface area contributed by atoms with Crippen molar-refractivity contribution in [3.05, 3.63) is 46.3 Å². The number of carbonyl (C=O) groups excluding carboxylic acids is 1. The van der Waals surface area contributed by atoms with Crippen molar-refractivity contribution in [3.8, 4) is 11.3 Å². The highest BCUT2D eigenvalue weighted by atomic mass is 16.2. The second kappa shape index (κ2) is 5.54. The number of rotatable bonds is 1. The number of hydrogen-bond donors (Lipinski definition) is 0. The Balaban J connectivity index is 1.79. The highest BCUT2D eigenvalue weighted by Crippen LogP contribution is 2.36. The van der Waals surface area contributed by atoms with E-state index in [4.69, 9.17) is 0 Å². The van der Waals surface area contributed by atoms with Crippen LogP contribution in [0.15, 0.2) is 29.3 Å². The normalized spacial score (nSPS) is 22.2. The number of hydrogen-bond acceptors (Lipinski definition) is 4. The molecule has 2 aromatic rings. The van der Waals surface area contributed by atoms with Gasteiger partial charge in [-0.05, 0) is 31.4 Å². The van der Waals surface area contributed by atoms with E-state index in [-0.39, 0.29) is 17.4 Å². The molecule has 6 heteroatoms. The number of aryl methyl sites for hydroxylation is 1. The molecule has 6 nitrogen and oxygen atoms in total. The van der Waals surface area contributed by atoms with Crippen LogP contribution in [0.4, 0.5) is 0 Å². The maximum atomic E-state index is 12.6. The molecule has 1 saturated heterocycles. The van der Waals surface area contributed by atoms with E-state index in [1.807, 2.05) is 22.5 Å². The second-order valence-corrected chi connectivity index (χ2v) is 6.89. The number of fused-ring (bicyclic) bond motifs is 4. The Hall–Kier alpha value is -2.50. The third kappa shape index (κ3) is 2.52. The van der Waals surface area contributed by atoms with Gasteiger partial charge in [0, 0.05) is 55.5 Å². The first-order valence-corrected chi connectivity index (χ1v) is 8.30. The van der Waals surface area contributed by atoms with Crippen LogP contribution in [0.25, 0.3) is 11.3 Å². The Morgan fingerprint density at radius 1 is 1.17 bits per heavy atom. The van der Waals surface area contributed by atoms with Crippen molar-refractivity contribution in [2.45, 2.75) is 32.7 Å². The summed E-state index contributed by atoms with van der Waals surface area (Å²) in [4.78, 5) is 34.7. The number of amides is 1. The lowest BCUT2D eigenvalue weighted by molar-refractivity contribution is -0.131. The molecule has 0 spiro atoms. The van der Waals surface area contributed by atoms with Gasteiger partial charge in [0.1, 0.15) is 6.33 Å². The third-order valence-electron chi connectivity index (χ3n) is 5.10. The summed E-state index contributed by atoms with van der Waals surface area (Å²) in [5, 5.41) is 0.